The SMILES string of the molecule is CCCC(C)C(=O)Nc1ccc(N2CCN(c3[c]cccc3)CC2)cc1. The third kappa shape index (κ3) is 4.57. The van der Waals surface area contributed by atoms with Gasteiger partial charge in [-0.25, -0.2) is 0 Å². The predicted molar refractivity (Wildman–Crippen MR) is 109 cm³/mol. The lowest BCUT2D eigenvalue weighted by atomic mass is 10.1. The molecule has 1 aliphatic rings. The molecule has 1 saturated heterocycles. The highest BCUT2D eigenvalue weighted by molar-refractivity contribution is 5.92. The van der Waals surface area contributed by atoms with Crippen LogP contribution in [0.5, 0.6) is 0 Å². The van der Waals surface area contributed by atoms with E-state index in [1.807, 2.05) is 31.2 Å². The number of para-hydroxylation sites is 1. The molecule has 1 N–H and O–H groups in total. The second kappa shape index (κ2) is 8.75. The first-order chi connectivity index (χ1) is 12.7. The molecule has 1 atom stereocenters. The lowest BCUT2D eigenvalue weighted by Crippen LogP contribution is -2.46. The molecule has 0 spiro atoms. The quantitative estimate of drug-likeness (QED) is 0.848. The second-order valence-electron chi connectivity index (χ2n) is 6.95. The van der Waals surface area contributed by atoms with Gasteiger partial charge in [-0.15, -0.1) is 0 Å². The van der Waals surface area contributed by atoms with E-state index in [1.54, 1.807) is 0 Å². The molecule has 1 radical (unpaired) electrons. The average molecular weight is 350 g/mol. The number of nitrogens with zero attached hydrogens (tertiary/aromatic N) is 2. The van der Waals surface area contributed by atoms with Crippen molar-refractivity contribution in [2.75, 3.05) is 41.3 Å². The number of carbonyl (C=O) groups excluding carboxylic acids is 1. The Morgan fingerprint density at radius 2 is 1.77 bits per heavy atom. The van der Waals surface area contributed by atoms with Gasteiger partial charge in [0.15, 0.2) is 0 Å². The van der Waals surface area contributed by atoms with E-state index in [0.29, 0.717) is 0 Å². The number of nitrogens with one attached hydrogen (secondary N) is 1. The van der Waals surface area contributed by atoms with Crippen LogP contribution in [0.15, 0.2) is 48.5 Å². The molecule has 4 nitrogen and oxygen atoms in total. The number of hydrogen-bond donors (Lipinski definition) is 1. The monoisotopic (exact) mass is 350 g/mol. The van der Waals surface area contributed by atoms with Gasteiger partial charge in [0.25, 0.3) is 0 Å². The lowest BCUT2D eigenvalue weighted by Gasteiger charge is -2.37. The van der Waals surface area contributed by atoms with Gasteiger partial charge in [0.05, 0.1) is 0 Å². The summed E-state index contributed by atoms with van der Waals surface area (Å²) in [5, 5.41) is 3.02. The van der Waals surface area contributed by atoms with Crippen LogP contribution < -0.4 is 15.1 Å². The smallest absolute Gasteiger partial charge is 0.227 e. The van der Waals surface area contributed by atoms with Crippen LogP contribution >= 0.6 is 0 Å². The first-order valence-electron chi connectivity index (χ1n) is 9.55. The minimum Gasteiger partial charge on any atom is -0.368 e. The van der Waals surface area contributed by atoms with Crippen molar-refractivity contribution in [3.63, 3.8) is 0 Å². The predicted octanol–water partition coefficient (Wildman–Crippen LogP) is 4.19. The summed E-state index contributed by atoms with van der Waals surface area (Å²) >= 11 is 0. The van der Waals surface area contributed by atoms with Crippen molar-refractivity contribution in [1.82, 2.24) is 0 Å². The van der Waals surface area contributed by atoms with Gasteiger partial charge in [-0.2, -0.15) is 0 Å². The van der Waals surface area contributed by atoms with Crippen molar-refractivity contribution >= 4 is 23.0 Å². The van der Waals surface area contributed by atoms with E-state index in [-0.39, 0.29) is 11.8 Å². The summed E-state index contributed by atoms with van der Waals surface area (Å²) in [6, 6.07) is 19.7. The molecule has 0 aliphatic carbocycles. The van der Waals surface area contributed by atoms with E-state index in [4.69, 9.17) is 0 Å². The molecule has 0 bridgehead atoms. The van der Waals surface area contributed by atoms with Gasteiger partial charge in [0.2, 0.25) is 5.91 Å². The van der Waals surface area contributed by atoms with E-state index in [9.17, 15) is 4.79 Å². The molecule has 3 rings (SSSR count). The highest BCUT2D eigenvalue weighted by Gasteiger charge is 2.18. The van der Waals surface area contributed by atoms with E-state index < -0.39 is 0 Å². The van der Waals surface area contributed by atoms with Gasteiger partial charge in [0.1, 0.15) is 0 Å². The minimum atomic E-state index is 0.0579. The fraction of sp³-hybridized carbons (Fsp3) is 0.409. The van der Waals surface area contributed by atoms with Gasteiger partial charge in [-0.1, -0.05) is 38.5 Å². The molecule has 2 aromatic rings. The Hall–Kier alpha value is -2.49. The van der Waals surface area contributed by atoms with Crippen LogP contribution in [0.3, 0.4) is 0 Å². The second-order valence-corrected chi connectivity index (χ2v) is 6.95. The largest absolute Gasteiger partial charge is 0.368 e. The fourth-order valence-electron chi connectivity index (χ4n) is 3.37. The van der Waals surface area contributed by atoms with Gasteiger partial charge in [0, 0.05) is 55.2 Å². The molecule has 4 heteroatoms. The Bertz CT molecular complexity index is 691. The molecule has 137 valence electrons. The third-order valence-corrected chi connectivity index (χ3v) is 4.98. The molecular weight excluding hydrogens is 322 g/mol. The fourth-order valence-corrected chi connectivity index (χ4v) is 3.37. The zero-order valence-corrected chi connectivity index (χ0v) is 15.7. The molecule has 0 saturated carbocycles. The summed E-state index contributed by atoms with van der Waals surface area (Å²) < 4.78 is 0. The number of amides is 1. The summed E-state index contributed by atoms with van der Waals surface area (Å²) in [7, 11) is 0. The van der Waals surface area contributed by atoms with Crippen molar-refractivity contribution < 1.29 is 4.79 Å². The maximum atomic E-state index is 12.1. The lowest BCUT2D eigenvalue weighted by molar-refractivity contribution is -0.119. The number of carbonyl (C=O) groups is 1. The molecular formula is C22H28N3O. The third-order valence-electron chi connectivity index (χ3n) is 4.98. The van der Waals surface area contributed by atoms with Gasteiger partial charge < -0.3 is 15.1 Å². The first kappa shape index (κ1) is 18.3. The number of rotatable bonds is 6. The summed E-state index contributed by atoms with van der Waals surface area (Å²) in [6.07, 6.45) is 1.95. The van der Waals surface area contributed by atoms with Crippen LogP contribution in [-0.2, 0) is 4.79 Å². The van der Waals surface area contributed by atoms with Crippen LogP contribution in [0, 0.1) is 12.0 Å². The molecule has 1 heterocycles. The summed E-state index contributed by atoms with van der Waals surface area (Å²) in [5.74, 6) is 0.162. The van der Waals surface area contributed by atoms with Crippen LogP contribution in [-0.4, -0.2) is 32.1 Å². The maximum Gasteiger partial charge on any atom is 0.227 e. The number of anilines is 3. The Balaban J connectivity index is 1.54. The van der Waals surface area contributed by atoms with E-state index >= 15 is 0 Å². The van der Waals surface area contributed by atoms with E-state index in [1.165, 1.54) is 11.4 Å². The van der Waals surface area contributed by atoms with E-state index in [0.717, 1.165) is 44.7 Å². The van der Waals surface area contributed by atoms with E-state index in [2.05, 4.69) is 52.4 Å². The molecule has 1 fully saturated rings. The Labute approximate surface area is 156 Å². The zero-order valence-electron chi connectivity index (χ0n) is 15.7. The molecule has 26 heavy (non-hydrogen) atoms. The van der Waals surface area contributed by atoms with Crippen LogP contribution in [0.2, 0.25) is 0 Å². The highest BCUT2D eigenvalue weighted by atomic mass is 16.1. The average Bonchev–Trinajstić information content (AvgIpc) is 2.69. The number of piperazine rings is 1. The minimum absolute atomic E-state index is 0.0579. The highest BCUT2D eigenvalue weighted by Crippen LogP contribution is 2.22. The zero-order chi connectivity index (χ0) is 18.4. The van der Waals surface area contributed by atoms with Crippen molar-refractivity contribution in [2.45, 2.75) is 26.7 Å². The van der Waals surface area contributed by atoms with Crippen LogP contribution in [0.25, 0.3) is 0 Å². The van der Waals surface area contributed by atoms with Crippen molar-refractivity contribution in [3.05, 3.63) is 54.6 Å². The van der Waals surface area contributed by atoms with Gasteiger partial charge in [-0.3, -0.25) is 4.79 Å². The topological polar surface area (TPSA) is 35.6 Å². The number of benzene rings is 2. The Morgan fingerprint density at radius 1 is 1.08 bits per heavy atom. The van der Waals surface area contributed by atoms with Crippen molar-refractivity contribution in [3.8, 4) is 0 Å². The van der Waals surface area contributed by atoms with Crippen LogP contribution in [0.4, 0.5) is 17.1 Å². The maximum absolute atomic E-state index is 12.1. The number of hydrogen-bond acceptors (Lipinski definition) is 3. The normalized spacial score (nSPS) is 15.6. The Morgan fingerprint density at radius 3 is 2.38 bits per heavy atom. The first-order valence-corrected chi connectivity index (χ1v) is 9.55. The van der Waals surface area contributed by atoms with Crippen molar-refractivity contribution in [2.24, 2.45) is 5.92 Å². The Kier molecular flexibility index (Phi) is 6.16. The van der Waals surface area contributed by atoms with Crippen LogP contribution in [0.1, 0.15) is 26.7 Å². The summed E-state index contributed by atoms with van der Waals surface area (Å²) in [4.78, 5) is 16.9. The van der Waals surface area contributed by atoms with Gasteiger partial charge in [-0.05, 0) is 36.8 Å². The standard InChI is InChI=1S/C22H28N3O/c1-3-7-18(2)22(26)23-19-10-12-21(13-11-19)25-16-14-24(15-17-25)20-8-5-4-6-9-20/h4-6,8,10-13,18H,3,7,14-17H2,1-2H3,(H,23,26). The summed E-state index contributed by atoms with van der Waals surface area (Å²) in [5.41, 5.74) is 3.26. The summed E-state index contributed by atoms with van der Waals surface area (Å²) in [6.45, 7) is 8.05. The molecule has 0 aromatic heterocycles. The van der Waals surface area contributed by atoms with Crippen molar-refractivity contribution in [1.29, 1.82) is 0 Å². The molecule has 1 amide bonds. The molecule has 1 aliphatic heterocycles. The molecule has 2 aromatic carbocycles. The van der Waals surface area contributed by atoms with Gasteiger partial charge >= 0.3 is 0 Å². The molecule has 1 unspecified atom stereocenters.